The Morgan fingerprint density at radius 1 is 1.44 bits per heavy atom. The minimum atomic E-state index is -2.84. The largest absolute Gasteiger partial charge is 0.309 e. The molecule has 0 fully saturated rings. The van der Waals surface area contributed by atoms with Gasteiger partial charge in [-0.3, -0.25) is 4.98 Å². The maximum Gasteiger partial charge on any atom is 0.147 e. The van der Waals surface area contributed by atoms with Crippen LogP contribution in [0.3, 0.4) is 0 Å². The predicted octanol–water partition coefficient (Wildman–Crippen LogP) is 1.17. The van der Waals surface area contributed by atoms with Gasteiger partial charge in [0.25, 0.3) is 0 Å². The molecule has 0 amide bonds. The molecule has 16 heavy (non-hydrogen) atoms. The molecule has 90 valence electrons. The van der Waals surface area contributed by atoms with Crippen LogP contribution in [0.2, 0.25) is 0 Å². The third-order valence-electron chi connectivity index (χ3n) is 2.27. The van der Waals surface area contributed by atoms with E-state index in [0.717, 1.165) is 5.69 Å². The molecule has 0 unspecified atom stereocenters. The van der Waals surface area contributed by atoms with Crippen molar-refractivity contribution in [1.82, 2.24) is 10.3 Å². The normalized spacial score (nSPS) is 13.6. The van der Waals surface area contributed by atoms with Crippen molar-refractivity contribution in [2.75, 3.05) is 18.6 Å². The van der Waals surface area contributed by atoms with Gasteiger partial charge >= 0.3 is 0 Å². The van der Waals surface area contributed by atoms with Crippen LogP contribution in [0.4, 0.5) is 0 Å². The monoisotopic (exact) mass is 242 g/mol. The van der Waals surface area contributed by atoms with Crippen molar-refractivity contribution in [3.8, 4) is 0 Å². The zero-order chi connectivity index (χ0) is 12.0. The lowest BCUT2D eigenvalue weighted by molar-refractivity contribution is 0.552. The number of rotatable bonds is 6. The lowest BCUT2D eigenvalue weighted by Gasteiger charge is -2.12. The summed E-state index contributed by atoms with van der Waals surface area (Å²) in [4.78, 5) is 4.23. The second-order valence-corrected chi connectivity index (χ2v) is 6.17. The summed E-state index contributed by atoms with van der Waals surface area (Å²) >= 11 is 0. The first kappa shape index (κ1) is 13.1. The van der Waals surface area contributed by atoms with Crippen molar-refractivity contribution in [3.63, 3.8) is 0 Å². The molecule has 1 aromatic heterocycles. The van der Waals surface area contributed by atoms with Crippen molar-refractivity contribution < 1.29 is 8.42 Å². The number of nitrogens with zero attached hydrogens (tertiary/aromatic N) is 1. The van der Waals surface area contributed by atoms with Crippen LogP contribution in [0.5, 0.6) is 0 Å². The third kappa shape index (κ3) is 5.23. The zero-order valence-corrected chi connectivity index (χ0v) is 10.5. The summed E-state index contributed by atoms with van der Waals surface area (Å²) < 4.78 is 21.8. The molecule has 0 saturated carbocycles. The molecule has 1 heterocycles. The Balaban J connectivity index is 2.29. The van der Waals surface area contributed by atoms with E-state index in [4.69, 9.17) is 0 Å². The average Bonchev–Trinajstić information content (AvgIpc) is 2.24. The van der Waals surface area contributed by atoms with E-state index >= 15 is 0 Å². The number of pyridine rings is 1. The maximum atomic E-state index is 10.9. The van der Waals surface area contributed by atoms with E-state index in [-0.39, 0.29) is 11.8 Å². The highest BCUT2D eigenvalue weighted by atomic mass is 32.2. The fourth-order valence-corrected chi connectivity index (χ4v) is 2.06. The number of aromatic nitrogens is 1. The van der Waals surface area contributed by atoms with Crippen LogP contribution in [0.25, 0.3) is 0 Å². The van der Waals surface area contributed by atoms with Gasteiger partial charge < -0.3 is 5.32 Å². The van der Waals surface area contributed by atoms with Gasteiger partial charge in [0.05, 0.1) is 11.4 Å². The first-order chi connectivity index (χ1) is 7.49. The molecule has 0 spiro atoms. The van der Waals surface area contributed by atoms with E-state index in [0.29, 0.717) is 13.0 Å². The molecule has 0 aliphatic rings. The lowest BCUT2D eigenvalue weighted by Crippen LogP contribution is -2.22. The molecule has 0 saturated heterocycles. The number of sulfone groups is 1. The van der Waals surface area contributed by atoms with E-state index in [1.807, 2.05) is 25.1 Å². The molecular weight excluding hydrogens is 224 g/mol. The topological polar surface area (TPSA) is 59.1 Å². The Bertz CT molecular complexity index is 403. The molecule has 1 atom stereocenters. The third-order valence-corrected chi connectivity index (χ3v) is 3.30. The first-order valence-electron chi connectivity index (χ1n) is 5.31. The molecule has 1 aromatic rings. The quantitative estimate of drug-likeness (QED) is 0.761. The molecule has 4 nitrogen and oxygen atoms in total. The molecule has 0 aromatic carbocycles. The Kier molecular flexibility index (Phi) is 4.89. The van der Waals surface area contributed by atoms with Crippen LogP contribution < -0.4 is 5.32 Å². The fourth-order valence-electron chi connectivity index (χ4n) is 1.39. The van der Waals surface area contributed by atoms with Gasteiger partial charge in [0.1, 0.15) is 9.84 Å². The molecule has 0 bridgehead atoms. The van der Waals surface area contributed by atoms with Crippen molar-refractivity contribution in [2.45, 2.75) is 19.4 Å². The summed E-state index contributed by atoms with van der Waals surface area (Å²) in [6.07, 6.45) is 3.65. The van der Waals surface area contributed by atoms with Crippen LogP contribution in [0, 0.1) is 0 Å². The van der Waals surface area contributed by atoms with Gasteiger partial charge in [0.15, 0.2) is 0 Å². The molecule has 0 aliphatic heterocycles. The number of hydrogen-bond acceptors (Lipinski definition) is 4. The van der Waals surface area contributed by atoms with Gasteiger partial charge in [-0.1, -0.05) is 6.07 Å². The number of hydrogen-bond donors (Lipinski definition) is 1. The van der Waals surface area contributed by atoms with Crippen molar-refractivity contribution in [1.29, 1.82) is 0 Å². The maximum absolute atomic E-state index is 10.9. The van der Waals surface area contributed by atoms with Gasteiger partial charge in [0.2, 0.25) is 0 Å². The minimum absolute atomic E-state index is 0.153. The van der Waals surface area contributed by atoms with Crippen LogP contribution in [-0.4, -0.2) is 32.0 Å². The molecule has 0 radical (unpaired) electrons. The highest BCUT2D eigenvalue weighted by molar-refractivity contribution is 7.90. The second-order valence-electron chi connectivity index (χ2n) is 3.91. The summed E-state index contributed by atoms with van der Waals surface area (Å²) in [5.41, 5.74) is 0.974. The zero-order valence-electron chi connectivity index (χ0n) is 9.68. The van der Waals surface area contributed by atoms with Crippen molar-refractivity contribution in [3.05, 3.63) is 30.1 Å². The van der Waals surface area contributed by atoms with E-state index < -0.39 is 9.84 Å². The highest BCUT2D eigenvalue weighted by Gasteiger charge is 2.06. The summed E-state index contributed by atoms with van der Waals surface area (Å²) in [6, 6.07) is 5.92. The summed E-state index contributed by atoms with van der Waals surface area (Å²) in [7, 11) is -2.84. The molecule has 1 rings (SSSR count). The van der Waals surface area contributed by atoms with E-state index in [1.54, 1.807) is 6.20 Å². The second kappa shape index (κ2) is 5.96. The van der Waals surface area contributed by atoms with Crippen LogP contribution >= 0.6 is 0 Å². The Morgan fingerprint density at radius 2 is 2.19 bits per heavy atom. The molecule has 0 aliphatic carbocycles. The van der Waals surface area contributed by atoms with Gasteiger partial charge in [-0.2, -0.15) is 0 Å². The van der Waals surface area contributed by atoms with E-state index in [9.17, 15) is 8.42 Å². The van der Waals surface area contributed by atoms with Crippen LogP contribution in [0.15, 0.2) is 24.4 Å². The lowest BCUT2D eigenvalue weighted by atomic mass is 10.2. The SMILES string of the molecule is C[C@@H](NCCCS(C)(=O)=O)c1ccccn1. The average molecular weight is 242 g/mol. The molecular formula is C11H18N2O2S. The van der Waals surface area contributed by atoms with Gasteiger partial charge in [-0.25, -0.2) is 8.42 Å². The van der Waals surface area contributed by atoms with Gasteiger partial charge in [0, 0.05) is 18.5 Å². The standard InChI is InChI=1S/C11H18N2O2S/c1-10(11-6-3-4-7-13-11)12-8-5-9-16(2,14)15/h3-4,6-7,10,12H,5,8-9H2,1-2H3/t10-/m1/s1. The van der Waals surface area contributed by atoms with Crippen molar-refractivity contribution >= 4 is 9.84 Å². The van der Waals surface area contributed by atoms with Gasteiger partial charge in [-0.05, 0) is 32.0 Å². The number of nitrogens with one attached hydrogen (secondary N) is 1. The van der Waals surface area contributed by atoms with Gasteiger partial charge in [-0.15, -0.1) is 0 Å². The summed E-state index contributed by atoms with van der Waals surface area (Å²) in [5.74, 6) is 0.231. The Morgan fingerprint density at radius 3 is 2.75 bits per heavy atom. The van der Waals surface area contributed by atoms with E-state index in [2.05, 4.69) is 10.3 Å². The highest BCUT2D eigenvalue weighted by Crippen LogP contribution is 2.07. The predicted molar refractivity (Wildman–Crippen MR) is 65.0 cm³/mol. The minimum Gasteiger partial charge on any atom is -0.309 e. The Labute approximate surface area is 97.0 Å². The van der Waals surface area contributed by atoms with Crippen LogP contribution in [0.1, 0.15) is 25.1 Å². The summed E-state index contributed by atoms with van der Waals surface area (Å²) in [5, 5.41) is 3.24. The smallest absolute Gasteiger partial charge is 0.147 e. The summed E-state index contributed by atoms with van der Waals surface area (Å²) in [6.45, 7) is 2.70. The van der Waals surface area contributed by atoms with E-state index in [1.165, 1.54) is 6.26 Å². The first-order valence-corrected chi connectivity index (χ1v) is 7.37. The molecule has 5 heteroatoms. The molecule has 1 N–H and O–H groups in total. The Hall–Kier alpha value is -0.940. The van der Waals surface area contributed by atoms with Crippen LogP contribution in [-0.2, 0) is 9.84 Å². The van der Waals surface area contributed by atoms with Crippen molar-refractivity contribution in [2.24, 2.45) is 0 Å². The fraction of sp³-hybridized carbons (Fsp3) is 0.545.